The smallest absolute Gasteiger partial charge is 0.0893 e. The predicted molar refractivity (Wildman–Crippen MR) is 122 cm³/mol. The SMILES string of the molecule is c1cc(-c2cccc(-c3cccc4cc[nH]c34)n2)nc(-c2cccc3cc[nH]c23)c1. The van der Waals surface area contributed by atoms with E-state index in [1.807, 2.05) is 48.8 Å². The number of hydrogen-bond acceptors (Lipinski definition) is 2. The number of H-pyrrole nitrogens is 2. The predicted octanol–water partition coefficient (Wildman–Crippen LogP) is 6.44. The summed E-state index contributed by atoms with van der Waals surface area (Å²) in [6.45, 7) is 0. The molecule has 4 nitrogen and oxygen atoms in total. The highest BCUT2D eigenvalue weighted by molar-refractivity contribution is 5.94. The van der Waals surface area contributed by atoms with E-state index < -0.39 is 0 Å². The van der Waals surface area contributed by atoms with E-state index in [1.54, 1.807) is 0 Å². The summed E-state index contributed by atoms with van der Waals surface area (Å²) in [6, 6.07) is 28.9. The van der Waals surface area contributed by atoms with Crippen LogP contribution in [-0.4, -0.2) is 19.9 Å². The van der Waals surface area contributed by atoms with Gasteiger partial charge in [-0.25, -0.2) is 9.97 Å². The first kappa shape index (κ1) is 16.7. The van der Waals surface area contributed by atoms with Gasteiger partial charge in [0.25, 0.3) is 0 Å². The van der Waals surface area contributed by atoms with Crippen LogP contribution in [0, 0.1) is 0 Å². The number of nitrogens with one attached hydrogen (secondary N) is 2. The highest BCUT2D eigenvalue weighted by atomic mass is 14.8. The number of rotatable bonds is 3. The Morgan fingerprint density at radius 3 is 1.37 bits per heavy atom. The number of hydrogen-bond donors (Lipinski definition) is 2. The second-order valence-corrected chi connectivity index (χ2v) is 7.31. The van der Waals surface area contributed by atoms with Gasteiger partial charge in [0.2, 0.25) is 0 Å². The number of pyridine rings is 2. The molecule has 0 radical (unpaired) electrons. The van der Waals surface area contributed by atoms with Crippen molar-refractivity contribution in [2.45, 2.75) is 0 Å². The molecule has 142 valence electrons. The molecule has 4 heterocycles. The fourth-order valence-electron chi connectivity index (χ4n) is 4.05. The van der Waals surface area contributed by atoms with E-state index in [2.05, 4.69) is 58.5 Å². The molecule has 30 heavy (non-hydrogen) atoms. The summed E-state index contributed by atoms with van der Waals surface area (Å²) in [5.74, 6) is 0. The van der Waals surface area contributed by atoms with Crippen LogP contribution in [0.3, 0.4) is 0 Å². The summed E-state index contributed by atoms with van der Waals surface area (Å²) >= 11 is 0. The quantitative estimate of drug-likeness (QED) is 0.368. The molecule has 4 aromatic heterocycles. The molecule has 6 rings (SSSR count). The van der Waals surface area contributed by atoms with Crippen LogP contribution in [-0.2, 0) is 0 Å². The third-order valence-electron chi connectivity index (χ3n) is 5.49. The van der Waals surface area contributed by atoms with Crippen LogP contribution >= 0.6 is 0 Å². The van der Waals surface area contributed by atoms with Crippen LogP contribution in [0.2, 0.25) is 0 Å². The summed E-state index contributed by atoms with van der Waals surface area (Å²) in [4.78, 5) is 16.5. The maximum atomic E-state index is 4.94. The van der Waals surface area contributed by atoms with Gasteiger partial charge in [0.1, 0.15) is 0 Å². The summed E-state index contributed by atoms with van der Waals surface area (Å²) in [7, 11) is 0. The maximum absolute atomic E-state index is 4.94. The van der Waals surface area contributed by atoms with E-state index in [0.717, 1.165) is 44.9 Å². The first-order chi connectivity index (χ1) is 14.9. The van der Waals surface area contributed by atoms with Gasteiger partial charge < -0.3 is 9.97 Å². The topological polar surface area (TPSA) is 57.4 Å². The Labute approximate surface area is 173 Å². The van der Waals surface area contributed by atoms with Crippen molar-refractivity contribution in [1.82, 2.24) is 19.9 Å². The van der Waals surface area contributed by atoms with Gasteiger partial charge in [-0.3, -0.25) is 0 Å². The number of aromatic nitrogens is 4. The van der Waals surface area contributed by atoms with Crippen molar-refractivity contribution in [3.05, 3.63) is 97.3 Å². The van der Waals surface area contributed by atoms with Crippen LogP contribution in [0.25, 0.3) is 55.7 Å². The van der Waals surface area contributed by atoms with Gasteiger partial charge in [0.05, 0.1) is 33.8 Å². The van der Waals surface area contributed by atoms with Crippen molar-refractivity contribution in [2.24, 2.45) is 0 Å². The van der Waals surface area contributed by atoms with E-state index in [1.165, 1.54) is 10.8 Å². The fraction of sp³-hybridized carbons (Fsp3) is 0. The van der Waals surface area contributed by atoms with Crippen molar-refractivity contribution in [1.29, 1.82) is 0 Å². The third kappa shape index (κ3) is 2.70. The van der Waals surface area contributed by atoms with Crippen molar-refractivity contribution < 1.29 is 0 Å². The standard InChI is InChI=1S/C26H18N4/c1-5-17-13-15-27-25(17)19(7-1)21-9-3-11-23(29-21)24-12-4-10-22(30-24)20-8-2-6-18-14-16-28-26(18)20/h1-16,27-28H. The summed E-state index contributed by atoms with van der Waals surface area (Å²) in [6.07, 6.45) is 3.93. The lowest BCUT2D eigenvalue weighted by atomic mass is 10.1. The van der Waals surface area contributed by atoms with E-state index in [4.69, 9.17) is 9.97 Å². The Bertz CT molecular complexity index is 1390. The molecule has 0 saturated heterocycles. The zero-order valence-corrected chi connectivity index (χ0v) is 16.1. The van der Waals surface area contributed by atoms with E-state index in [9.17, 15) is 0 Å². The Kier molecular flexibility index (Phi) is 3.74. The highest BCUT2D eigenvalue weighted by Crippen LogP contribution is 2.30. The molecular formula is C26H18N4. The normalized spacial score (nSPS) is 11.3. The van der Waals surface area contributed by atoms with E-state index in [-0.39, 0.29) is 0 Å². The number of aromatic amines is 2. The molecule has 6 aromatic rings. The van der Waals surface area contributed by atoms with Crippen molar-refractivity contribution in [2.75, 3.05) is 0 Å². The molecule has 0 aliphatic heterocycles. The lowest BCUT2D eigenvalue weighted by molar-refractivity contribution is 1.25. The molecule has 0 bridgehead atoms. The van der Waals surface area contributed by atoms with Crippen LogP contribution in [0.5, 0.6) is 0 Å². The summed E-state index contributed by atoms with van der Waals surface area (Å²) < 4.78 is 0. The summed E-state index contributed by atoms with van der Waals surface area (Å²) in [5, 5.41) is 2.36. The zero-order valence-electron chi connectivity index (χ0n) is 16.1. The van der Waals surface area contributed by atoms with Gasteiger partial charge >= 0.3 is 0 Å². The molecule has 0 fully saturated rings. The van der Waals surface area contributed by atoms with Crippen LogP contribution < -0.4 is 0 Å². The van der Waals surface area contributed by atoms with Crippen molar-refractivity contribution in [3.8, 4) is 33.9 Å². The monoisotopic (exact) mass is 386 g/mol. The molecule has 0 aliphatic rings. The van der Waals surface area contributed by atoms with E-state index in [0.29, 0.717) is 0 Å². The molecule has 0 spiro atoms. The van der Waals surface area contributed by atoms with Gasteiger partial charge in [-0.15, -0.1) is 0 Å². The molecule has 4 heteroatoms. The molecule has 2 aromatic carbocycles. The number of para-hydroxylation sites is 2. The minimum Gasteiger partial charge on any atom is -0.361 e. The third-order valence-corrected chi connectivity index (χ3v) is 5.49. The summed E-state index contributed by atoms with van der Waals surface area (Å²) in [5.41, 5.74) is 7.95. The maximum Gasteiger partial charge on any atom is 0.0893 e. The van der Waals surface area contributed by atoms with Crippen LogP contribution in [0.15, 0.2) is 97.3 Å². The van der Waals surface area contributed by atoms with E-state index >= 15 is 0 Å². The zero-order chi connectivity index (χ0) is 19.9. The number of benzene rings is 2. The second kappa shape index (κ2) is 6.71. The Morgan fingerprint density at radius 2 is 0.867 bits per heavy atom. The second-order valence-electron chi connectivity index (χ2n) is 7.31. The van der Waals surface area contributed by atoms with Crippen LogP contribution in [0.1, 0.15) is 0 Å². The molecule has 0 unspecified atom stereocenters. The Morgan fingerprint density at radius 1 is 0.433 bits per heavy atom. The molecule has 0 saturated carbocycles. The van der Waals surface area contributed by atoms with Crippen LogP contribution in [0.4, 0.5) is 0 Å². The number of nitrogens with zero attached hydrogens (tertiary/aromatic N) is 2. The number of fused-ring (bicyclic) bond motifs is 2. The van der Waals surface area contributed by atoms with Gasteiger partial charge in [-0.1, -0.05) is 48.5 Å². The Hall–Kier alpha value is -4.18. The fourth-order valence-corrected chi connectivity index (χ4v) is 4.05. The van der Waals surface area contributed by atoms with Gasteiger partial charge in [0.15, 0.2) is 0 Å². The largest absolute Gasteiger partial charge is 0.361 e. The first-order valence-electron chi connectivity index (χ1n) is 9.94. The highest BCUT2D eigenvalue weighted by Gasteiger charge is 2.11. The first-order valence-corrected chi connectivity index (χ1v) is 9.94. The average Bonchev–Trinajstić information content (AvgIpc) is 3.48. The van der Waals surface area contributed by atoms with Gasteiger partial charge in [-0.05, 0) is 36.4 Å². The molecule has 0 atom stereocenters. The molecular weight excluding hydrogens is 368 g/mol. The molecule has 2 N–H and O–H groups in total. The van der Waals surface area contributed by atoms with Crippen molar-refractivity contribution in [3.63, 3.8) is 0 Å². The minimum absolute atomic E-state index is 0.858. The lowest BCUT2D eigenvalue weighted by Crippen LogP contribution is -1.93. The van der Waals surface area contributed by atoms with Gasteiger partial charge in [0, 0.05) is 34.3 Å². The average molecular weight is 386 g/mol. The Balaban J connectivity index is 1.46. The van der Waals surface area contributed by atoms with Gasteiger partial charge in [-0.2, -0.15) is 0 Å². The lowest BCUT2D eigenvalue weighted by Gasteiger charge is -2.08. The van der Waals surface area contributed by atoms with Crippen molar-refractivity contribution >= 4 is 21.8 Å². The minimum atomic E-state index is 0.858. The molecule has 0 amide bonds. The molecule has 0 aliphatic carbocycles.